The van der Waals surface area contributed by atoms with Gasteiger partial charge in [-0.3, -0.25) is 9.78 Å². The second-order valence-electron chi connectivity index (χ2n) is 4.46. The third-order valence-corrected chi connectivity index (χ3v) is 3.73. The Morgan fingerprint density at radius 3 is 3.00 bits per heavy atom. The van der Waals surface area contributed by atoms with Crippen LogP contribution in [-0.2, 0) is 16.1 Å². The SMILES string of the molecule is CCOC(=O)C(C)NCc1ccc(Br)c2cccnc12. The molecule has 1 unspecified atom stereocenters. The van der Waals surface area contributed by atoms with E-state index in [0.29, 0.717) is 13.2 Å². The molecule has 2 aromatic rings. The topological polar surface area (TPSA) is 51.2 Å². The molecule has 0 aliphatic carbocycles. The minimum Gasteiger partial charge on any atom is -0.465 e. The van der Waals surface area contributed by atoms with Crippen LogP contribution >= 0.6 is 15.9 Å². The largest absolute Gasteiger partial charge is 0.465 e. The van der Waals surface area contributed by atoms with Crippen LogP contribution in [0.4, 0.5) is 0 Å². The average Bonchev–Trinajstić information content (AvgIpc) is 2.47. The molecule has 0 spiro atoms. The summed E-state index contributed by atoms with van der Waals surface area (Å²) in [4.78, 5) is 16.0. The lowest BCUT2D eigenvalue weighted by Crippen LogP contribution is -2.34. The maximum Gasteiger partial charge on any atom is 0.322 e. The lowest BCUT2D eigenvalue weighted by atomic mass is 10.1. The van der Waals surface area contributed by atoms with Crippen LogP contribution in [0.3, 0.4) is 0 Å². The molecule has 0 amide bonds. The lowest BCUT2D eigenvalue weighted by Gasteiger charge is -2.13. The van der Waals surface area contributed by atoms with Gasteiger partial charge in [-0.1, -0.05) is 28.1 Å². The zero-order chi connectivity index (χ0) is 14.5. The van der Waals surface area contributed by atoms with Gasteiger partial charge in [0.1, 0.15) is 6.04 Å². The Labute approximate surface area is 126 Å². The summed E-state index contributed by atoms with van der Waals surface area (Å²) in [7, 11) is 0. The first-order chi connectivity index (χ1) is 9.63. The van der Waals surface area contributed by atoms with Crippen molar-refractivity contribution in [3.63, 3.8) is 0 Å². The number of nitrogens with one attached hydrogen (secondary N) is 1. The van der Waals surface area contributed by atoms with Gasteiger partial charge < -0.3 is 10.1 Å². The molecule has 0 bridgehead atoms. The Morgan fingerprint density at radius 2 is 2.25 bits per heavy atom. The molecule has 106 valence electrons. The van der Waals surface area contributed by atoms with Crippen molar-refractivity contribution < 1.29 is 9.53 Å². The van der Waals surface area contributed by atoms with Crippen LogP contribution in [0.15, 0.2) is 34.9 Å². The number of hydrogen-bond acceptors (Lipinski definition) is 4. The fraction of sp³-hybridized carbons (Fsp3) is 0.333. The predicted molar refractivity (Wildman–Crippen MR) is 82.4 cm³/mol. The molecule has 4 nitrogen and oxygen atoms in total. The van der Waals surface area contributed by atoms with E-state index in [1.807, 2.05) is 24.3 Å². The Hall–Kier alpha value is -1.46. The van der Waals surface area contributed by atoms with E-state index in [1.165, 1.54) is 0 Å². The van der Waals surface area contributed by atoms with Gasteiger partial charge >= 0.3 is 5.97 Å². The van der Waals surface area contributed by atoms with Gasteiger partial charge in [-0.15, -0.1) is 0 Å². The smallest absolute Gasteiger partial charge is 0.322 e. The number of carbonyl (C=O) groups excluding carboxylic acids is 1. The molecule has 1 aromatic heterocycles. The molecule has 5 heteroatoms. The van der Waals surface area contributed by atoms with Crippen molar-refractivity contribution in [1.82, 2.24) is 10.3 Å². The van der Waals surface area contributed by atoms with Crippen molar-refractivity contribution in [2.24, 2.45) is 0 Å². The first-order valence-electron chi connectivity index (χ1n) is 6.55. The number of fused-ring (bicyclic) bond motifs is 1. The van der Waals surface area contributed by atoms with Crippen molar-refractivity contribution in [3.05, 3.63) is 40.5 Å². The summed E-state index contributed by atoms with van der Waals surface area (Å²) >= 11 is 3.52. The Kier molecular flexibility index (Phi) is 5.09. The zero-order valence-corrected chi connectivity index (χ0v) is 13.1. The van der Waals surface area contributed by atoms with Crippen molar-refractivity contribution in [1.29, 1.82) is 0 Å². The van der Waals surface area contributed by atoms with Crippen LogP contribution in [0.5, 0.6) is 0 Å². The second-order valence-corrected chi connectivity index (χ2v) is 5.32. The van der Waals surface area contributed by atoms with Gasteiger partial charge in [-0.25, -0.2) is 0 Å². The molecule has 0 aliphatic rings. The third kappa shape index (κ3) is 3.35. The van der Waals surface area contributed by atoms with E-state index in [2.05, 4.69) is 26.2 Å². The van der Waals surface area contributed by atoms with E-state index in [0.717, 1.165) is 20.9 Å². The van der Waals surface area contributed by atoms with Gasteiger partial charge in [-0.05, 0) is 31.5 Å². The monoisotopic (exact) mass is 336 g/mol. The number of hydrogen-bond donors (Lipinski definition) is 1. The normalized spacial score (nSPS) is 12.3. The standard InChI is InChI=1S/C15H17BrN2O2/c1-3-20-15(19)10(2)18-9-11-6-7-13(16)12-5-4-8-17-14(11)12/h4-8,10,18H,3,9H2,1-2H3. The number of carbonyl (C=O) groups is 1. The summed E-state index contributed by atoms with van der Waals surface area (Å²) in [6.45, 7) is 4.57. The number of benzene rings is 1. The molecule has 0 aliphatic heterocycles. The maximum absolute atomic E-state index is 11.6. The third-order valence-electron chi connectivity index (χ3n) is 3.04. The first-order valence-corrected chi connectivity index (χ1v) is 7.35. The molecular formula is C15H17BrN2O2. The van der Waals surface area contributed by atoms with Gasteiger partial charge in [0.2, 0.25) is 0 Å². The number of ether oxygens (including phenoxy) is 1. The summed E-state index contributed by atoms with van der Waals surface area (Å²) in [6.07, 6.45) is 1.77. The van der Waals surface area contributed by atoms with Crippen molar-refractivity contribution in [3.8, 4) is 0 Å². The Bertz CT molecular complexity index is 616. The molecule has 0 fully saturated rings. The van der Waals surface area contributed by atoms with Gasteiger partial charge in [0.25, 0.3) is 0 Å². The number of halogens is 1. The van der Waals surface area contributed by atoms with Crippen LogP contribution < -0.4 is 5.32 Å². The molecule has 20 heavy (non-hydrogen) atoms. The molecule has 0 saturated heterocycles. The van der Waals surface area contributed by atoms with E-state index in [4.69, 9.17) is 4.74 Å². The molecule has 0 radical (unpaired) electrons. The molecule has 1 aromatic carbocycles. The Balaban J connectivity index is 2.15. The maximum atomic E-state index is 11.6. The highest BCUT2D eigenvalue weighted by Crippen LogP contribution is 2.25. The van der Waals surface area contributed by atoms with E-state index >= 15 is 0 Å². The van der Waals surface area contributed by atoms with Crippen molar-refractivity contribution in [2.75, 3.05) is 6.61 Å². The highest BCUT2D eigenvalue weighted by molar-refractivity contribution is 9.10. The fourth-order valence-corrected chi connectivity index (χ4v) is 2.40. The number of pyridine rings is 1. The van der Waals surface area contributed by atoms with E-state index in [-0.39, 0.29) is 12.0 Å². The lowest BCUT2D eigenvalue weighted by molar-refractivity contribution is -0.145. The van der Waals surface area contributed by atoms with Crippen LogP contribution in [0.2, 0.25) is 0 Å². The summed E-state index contributed by atoms with van der Waals surface area (Å²) in [5.41, 5.74) is 1.99. The van der Waals surface area contributed by atoms with Crippen molar-refractivity contribution in [2.45, 2.75) is 26.4 Å². The van der Waals surface area contributed by atoms with E-state index < -0.39 is 0 Å². The summed E-state index contributed by atoms with van der Waals surface area (Å²) in [5.74, 6) is -0.234. The summed E-state index contributed by atoms with van der Waals surface area (Å²) in [6, 6.07) is 7.59. The van der Waals surface area contributed by atoms with Crippen LogP contribution in [-0.4, -0.2) is 23.6 Å². The fourth-order valence-electron chi connectivity index (χ4n) is 1.95. The van der Waals surface area contributed by atoms with Gasteiger partial charge in [0.05, 0.1) is 12.1 Å². The van der Waals surface area contributed by atoms with Crippen LogP contribution in [0.1, 0.15) is 19.4 Å². The molecule has 1 heterocycles. The quantitative estimate of drug-likeness (QED) is 0.852. The highest BCUT2D eigenvalue weighted by Gasteiger charge is 2.14. The number of nitrogens with zero attached hydrogens (tertiary/aromatic N) is 1. The van der Waals surface area contributed by atoms with E-state index in [1.54, 1.807) is 20.0 Å². The molecular weight excluding hydrogens is 320 g/mol. The van der Waals surface area contributed by atoms with Gasteiger partial charge in [-0.2, -0.15) is 0 Å². The summed E-state index contributed by atoms with van der Waals surface area (Å²) in [5, 5.41) is 4.23. The van der Waals surface area contributed by atoms with Gasteiger partial charge in [0.15, 0.2) is 0 Å². The number of esters is 1. The Morgan fingerprint density at radius 1 is 1.45 bits per heavy atom. The molecule has 1 atom stereocenters. The second kappa shape index (κ2) is 6.81. The average molecular weight is 337 g/mol. The number of aromatic nitrogens is 1. The van der Waals surface area contributed by atoms with Crippen molar-refractivity contribution >= 4 is 32.8 Å². The minimum absolute atomic E-state index is 0.234. The minimum atomic E-state index is -0.336. The van der Waals surface area contributed by atoms with Crippen LogP contribution in [0.25, 0.3) is 10.9 Å². The van der Waals surface area contributed by atoms with E-state index in [9.17, 15) is 4.79 Å². The zero-order valence-electron chi connectivity index (χ0n) is 11.5. The highest BCUT2D eigenvalue weighted by atomic mass is 79.9. The number of rotatable bonds is 5. The van der Waals surface area contributed by atoms with Crippen LogP contribution in [0, 0.1) is 0 Å². The molecule has 2 rings (SSSR count). The van der Waals surface area contributed by atoms with Gasteiger partial charge in [0, 0.05) is 22.6 Å². The first kappa shape index (κ1) is 14.9. The molecule has 0 saturated carbocycles. The summed E-state index contributed by atoms with van der Waals surface area (Å²) < 4.78 is 5.99. The molecule has 1 N–H and O–H groups in total. The predicted octanol–water partition coefficient (Wildman–Crippen LogP) is 3.04.